The molecule has 22 heavy (non-hydrogen) atoms. The minimum absolute atomic E-state index is 0.00654. The summed E-state index contributed by atoms with van der Waals surface area (Å²) in [6, 6.07) is 10.2. The van der Waals surface area contributed by atoms with Crippen molar-refractivity contribution < 1.29 is 4.79 Å². The molecule has 0 atom stereocenters. The number of urea groups is 1. The van der Waals surface area contributed by atoms with E-state index in [0.29, 0.717) is 12.6 Å². The summed E-state index contributed by atoms with van der Waals surface area (Å²) < 4.78 is 0. The summed E-state index contributed by atoms with van der Waals surface area (Å²) in [7, 11) is 1.91. The zero-order valence-electron chi connectivity index (χ0n) is 13.5. The summed E-state index contributed by atoms with van der Waals surface area (Å²) in [6.45, 7) is 0.394. The van der Waals surface area contributed by atoms with Crippen LogP contribution in [0.3, 0.4) is 0 Å². The topological polar surface area (TPSA) is 32.3 Å². The number of nitrogens with zero attached hydrogens (tertiary/aromatic N) is 1. The number of carbonyl (C=O) groups is 1. The predicted molar refractivity (Wildman–Crippen MR) is 90.6 cm³/mol. The Bertz CT molecular complexity index is 507. The Balaban J connectivity index is 1.77. The van der Waals surface area contributed by atoms with Gasteiger partial charge in [-0.2, -0.15) is 0 Å². The van der Waals surface area contributed by atoms with E-state index in [9.17, 15) is 4.79 Å². The Morgan fingerprint density at radius 2 is 1.77 bits per heavy atom. The van der Waals surface area contributed by atoms with Crippen LogP contribution in [0, 0.1) is 11.8 Å². The number of hydrogen-bond donors (Lipinski definition) is 1. The summed E-state index contributed by atoms with van der Waals surface area (Å²) >= 11 is 0. The van der Waals surface area contributed by atoms with Crippen molar-refractivity contribution >= 4 is 6.03 Å². The third-order valence-electron chi connectivity index (χ3n) is 4.28. The normalized spacial score (nSPS) is 15.9. The lowest BCUT2D eigenvalue weighted by Gasteiger charge is -2.29. The molecule has 118 valence electrons. The summed E-state index contributed by atoms with van der Waals surface area (Å²) in [5.41, 5.74) is 0.977. The summed E-state index contributed by atoms with van der Waals surface area (Å²) in [5.74, 6) is 6.06. The molecule has 1 aromatic rings. The fraction of sp³-hybridized carbons (Fsp3) is 0.526. The second-order valence-corrected chi connectivity index (χ2v) is 5.94. The molecule has 0 radical (unpaired) electrons. The minimum Gasteiger partial charge on any atom is -0.327 e. The zero-order chi connectivity index (χ0) is 15.6. The van der Waals surface area contributed by atoms with Crippen LogP contribution in [0.25, 0.3) is 0 Å². The lowest BCUT2D eigenvalue weighted by molar-refractivity contribution is 0.179. The molecule has 2 amide bonds. The van der Waals surface area contributed by atoms with E-state index in [1.165, 1.54) is 32.1 Å². The summed E-state index contributed by atoms with van der Waals surface area (Å²) in [6.07, 6.45) is 8.66. The fourth-order valence-electron chi connectivity index (χ4n) is 2.90. The third-order valence-corrected chi connectivity index (χ3v) is 4.28. The molecular formula is C19H26N2O. The number of hydrogen-bond acceptors (Lipinski definition) is 1. The van der Waals surface area contributed by atoms with Crippen LogP contribution in [-0.2, 0) is 0 Å². The van der Waals surface area contributed by atoms with E-state index in [4.69, 9.17) is 0 Å². The quantitative estimate of drug-likeness (QED) is 0.828. The van der Waals surface area contributed by atoms with Gasteiger partial charge in [0.15, 0.2) is 0 Å². The van der Waals surface area contributed by atoms with E-state index in [1.54, 1.807) is 0 Å². The van der Waals surface area contributed by atoms with E-state index < -0.39 is 0 Å². The van der Waals surface area contributed by atoms with Crippen molar-refractivity contribution in [3.8, 4) is 11.8 Å². The van der Waals surface area contributed by atoms with E-state index >= 15 is 0 Å². The number of benzene rings is 1. The van der Waals surface area contributed by atoms with Gasteiger partial charge in [0.1, 0.15) is 0 Å². The highest BCUT2D eigenvalue weighted by Gasteiger charge is 2.19. The van der Waals surface area contributed by atoms with Gasteiger partial charge in [0.2, 0.25) is 0 Å². The van der Waals surface area contributed by atoms with Gasteiger partial charge in [0.25, 0.3) is 0 Å². The maximum Gasteiger partial charge on any atom is 0.318 e. The smallest absolute Gasteiger partial charge is 0.318 e. The van der Waals surface area contributed by atoms with Gasteiger partial charge in [-0.15, -0.1) is 0 Å². The number of carbonyl (C=O) groups excluding carboxylic acids is 1. The second-order valence-electron chi connectivity index (χ2n) is 5.94. The molecule has 1 aromatic carbocycles. The van der Waals surface area contributed by atoms with Crippen LogP contribution in [0.2, 0.25) is 0 Å². The summed E-state index contributed by atoms with van der Waals surface area (Å²) in [5, 5.41) is 2.90. The Kier molecular flexibility index (Phi) is 6.83. The van der Waals surface area contributed by atoms with Crippen molar-refractivity contribution in [1.82, 2.24) is 10.2 Å². The molecule has 1 N–H and O–H groups in total. The number of nitrogens with one attached hydrogen (secondary N) is 1. The second kappa shape index (κ2) is 9.15. The van der Waals surface area contributed by atoms with Gasteiger partial charge in [0.05, 0.1) is 6.54 Å². The summed E-state index contributed by atoms with van der Waals surface area (Å²) in [4.78, 5) is 14.1. The molecule has 3 heteroatoms. The molecule has 3 nitrogen and oxygen atoms in total. The molecule has 1 fully saturated rings. The van der Waals surface area contributed by atoms with E-state index in [2.05, 4.69) is 17.2 Å². The van der Waals surface area contributed by atoms with Crippen molar-refractivity contribution in [2.75, 3.05) is 13.6 Å². The molecule has 1 aliphatic carbocycles. The standard InChI is InChI=1S/C19H26N2O/c1-21(18-14-8-3-2-4-9-15-18)19(22)20-16-10-13-17-11-6-5-7-12-17/h5-7,11-12,18H,2-4,8-9,14-16H2,1H3,(H,20,22). The van der Waals surface area contributed by atoms with Crippen molar-refractivity contribution in [2.24, 2.45) is 0 Å². The number of rotatable bonds is 2. The molecule has 1 saturated carbocycles. The minimum atomic E-state index is -0.00654. The molecule has 0 aromatic heterocycles. The van der Waals surface area contributed by atoms with Gasteiger partial charge >= 0.3 is 6.03 Å². The predicted octanol–water partition coefficient (Wildman–Crippen LogP) is 3.79. The lowest BCUT2D eigenvalue weighted by atomic mass is 9.96. The molecule has 0 saturated heterocycles. The van der Waals surface area contributed by atoms with Gasteiger partial charge in [-0.25, -0.2) is 4.79 Å². The van der Waals surface area contributed by atoms with Crippen LogP contribution in [0.1, 0.15) is 50.5 Å². The first kappa shape index (κ1) is 16.4. The van der Waals surface area contributed by atoms with Gasteiger partial charge in [0, 0.05) is 18.7 Å². The number of amides is 2. The highest BCUT2D eigenvalue weighted by atomic mass is 16.2. The molecule has 2 rings (SSSR count). The fourth-order valence-corrected chi connectivity index (χ4v) is 2.90. The maximum absolute atomic E-state index is 12.2. The van der Waals surface area contributed by atoms with Crippen LogP contribution < -0.4 is 5.32 Å². The monoisotopic (exact) mass is 298 g/mol. The largest absolute Gasteiger partial charge is 0.327 e. The molecule has 0 unspecified atom stereocenters. The Labute approximate surface area is 134 Å². The highest BCUT2D eigenvalue weighted by molar-refractivity contribution is 5.74. The van der Waals surface area contributed by atoms with Crippen LogP contribution >= 0.6 is 0 Å². The van der Waals surface area contributed by atoms with Gasteiger partial charge in [-0.1, -0.05) is 62.1 Å². The Morgan fingerprint density at radius 3 is 2.45 bits per heavy atom. The van der Waals surface area contributed by atoms with Crippen molar-refractivity contribution in [3.05, 3.63) is 35.9 Å². The van der Waals surface area contributed by atoms with Crippen molar-refractivity contribution in [2.45, 2.75) is 51.0 Å². The van der Waals surface area contributed by atoms with Crippen LogP contribution in [-0.4, -0.2) is 30.6 Å². The highest BCUT2D eigenvalue weighted by Crippen LogP contribution is 2.20. The first-order chi connectivity index (χ1) is 10.8. The van der Waals surface area contributed by atoms with Gasteiger partial charge in [-0.3, -0.25) is 0 Å². The third kappa shape index (κ3) is 5.44. The molecule has 0 bridgehead atoms. The van der Waals surface area contributed by atoms with E-state index in [-0.39, 0.29) is 6.03 Å². The van der Waals surface area contributed by atoms with Crippen molar-refractivity contribution in [3.63, 3.8) is 0 Å². The first-order valence-corrected chi connectivity index (χ1v) is 8.32. The Morgan fingerprint density at radius 1 is 1.14 bits per heavy atom. The average molecular weight is 298 g/mol. The van der Waals surface area contributed by atoms with Gasteiger partial charge < -0.3 is 10.2 Å². The lowest BCUT2D eigenvalue weighted by Crippen LogP contribution is -2.44. The van der Waals surface area contributed by atoms with Crippen molar-refractivity contribution in [1.29, 1.82) is 0 Å². The van der Waals surface area contributed by atoms with E-state index in [1.807, 2.05) is 42.3 Å². The maximum atomic E-state index is 12.2. The average Bonchev–Trinajstić information content (AvgIpc) is 2.51. The van der Waals surface area contributed by atoms with E-state index in [0.717, 1.165) is 18.4 Å². The van der Waals surface area contributed by atoms with Crippen LogP contribution in [0.4, 0.5) is 4.79 Å². The molecule has 1 aliphatic rings. The molecule has 0 heterocycles. The molecular weight excluding hydrogens is 272 g/mol. The Hall–Kier alpha value is -1.95. The molecule has 0 spiro atoms. The SMILES string of the molecule is CN(C(=O)NCC#Cc1ccccc1)C1CCCCCCC1. The zero-order valence-corrected chi connectivity index (χ0v) is 13.5. The van der Waals surface area contributed by atoms with Crippen LogP contribution in [0.5, 0.6) is 0 Å². The first-order valence-electron chi connectivity index (χ1n) is 8.32. The van der Waals surface area contributed by atoms with Crippen LogP contribution in [0.15, 0.2) is 30.3 Å². The molecule has 0 aliphatic heterocycles. The van der Waals surface area contributed by atoms with Gasteiger partial charge in [-0.05, 0) is 25.0 Å².